The van der Waals surface area contributed by atoms with Gasteiger partial charge < -0.3 is 10.4 Å². The third-order valence-electron chi connectivity index (χ3n) is 3.39. The Labute approximate surface area is 80.1 Å². The molecule has 2 rings (SSSR count). The molecule has 3 nitrogen and oxygen atoms in total. The molecule has 0 aliphatic carbocycles. The first-order chi connectivity index (χ1) is 6.42. The van der Waals surface area contributed by atoms with E-state index in [2.05, 4.69) is 10.2 Å². The SMILES string of the molecule is OCC1CCCCN1C1CCNC1. The van der Waals surface area contributed by atoms with Crippen molar-refractivity contribution in [3.05, 3.63) is 0 Å². The molecule has 2 N–H and O–H groups in total. The van der Waals surface area contributed by atoms with Crippen LogP contribution in [0.5, 0.6) is 0 Å². The van der Waals surface area contributed by atoms with Crippen LogP contribution >= 0.6 is 0 Å². The zero-order chi connectivity index (χ0) is 9.10. The molecule has 0 radical (unpaired) electrons. The van der Waals surface area contributed by atoms with Gasteiger partial charge in [-0.3, -0.25) is 4.90 Å². The second-order valence-corrected chi connectivity index (χ2v) is 4.22. The van der Waals surface area contributed by atoms with Crippen LogP contribution in [-0.4, -0.2) is 48.3 Å². The van der Waals surface area contributed by atoms with E-state index in [0.717, 1.165) is 13.1 Å². The fraction of sp³-hybridized carbons (Fsp3) is 1.00. The average Bonchev–Trinajstić information content (AvgIpc) is 2.70. The van der Waals surface area contributed by atoms with Gasteiger partial charge in [0.1, 0.15) is 0 Å². The van der Waals surface area contributed by atoms with Crippen LogP contribution in [0, 0.1) is 0 Å². The van der Waals surface area contributed by atoms with Gasteiger partial charge in [-0.05, 0) is 32.4 Å². The monoisotopic (exact) mass is 184 g/mol. The summed E-state index contributed by atoms with van der Waals surface area (Å²) in [5.74, 6) is 0. The van der Waals surface area contributed by atoms with Crippen molar-refractivity contribution in [2.24, 2.45) is 0 Å². The minimum atomic E-state index is 0.344. The Morgan fingerprint density at radius 3 is 2.92 bits per heavy atom. The number of nitrogens with zero attached hydrogens (tertiary/aromatic N) is 1. The van der Waals surface area contributed by atoms with Gasteiger partial charge in [0.15, 0.2) is 0 Å². The average molecular weight is 184 g/mol. The molecule has 76 valence electrons. The Hall–Kier alpha value is -0.120. The molecular weight excluding hydrogens is 164 g/mol. The van der Waals surface area contributed by atoms with Crippen molar-refractivity contribution in [3.63, 3.8) is 0 Å². The van der Waals surface area contributed by atoms with E-state index in [1.54, 1.807) is 0 Å². The lowest BCUT2D eigenvalue weighted by Crippen LogP contribution is -2.48. The molecule has 2 atom stereocenters. The van der Waals surface area contributed by atoms with Crippen LogP contribution in [0.2, 0.25) is 0 Å². The van der Waals surface area contributed by atoms with Gasteiger partial charge in [0, 0.05) is 18.6 Å². The van der Waals surface area contributed by atoms with Crippen molar-refractivity contribution < 1.29 is 5.11 Å². The van der Waals surface area contributed by atoms with Crippen molar-refractivity contribution in [3.8, 4) is 0 Å². The zero-order valence-electron chi connectivity index (χ0n) is 8.21. The molecule has 2 aliphatic heterocycles. The smallest absolute Gasteiger partial charge is 0.0586 e. The van der Waals surface area contributed by atoms with Crippen LogP contribution in [0.1, 0.15) is 25.7 Å². The van der Waals surface area contributed by atoms with Gasteiger partial charge in [-0.25, -0.2) is 0 Å². The summed E-state index contributed by atoms with van der Waals surface area (Å²) in [6.45, 7) is 3.81. The van der Waals surface area contributed by atoms with Gasteiger partial charge in [0.25, 0.3) is 0 Å². The molecule has 0 spiro atoms. The van der Waals surface area contributed by atoms with Crippen molar-refractivity contribution in [1.29, 1.82) is 0 Å². The van der Waals surface area contributed by atoms with Gasteiger partial charge in [0.2, 0.25) is 0 Å². The van der Waals surface area contributed by atoms with E-state index in [-0.39, 0.29) is 0 Å². The molecular formula is C10H20N2O. The lowest BCUT2D eigenvalue weighted by molar-refractivity contribution is 0.0596. The highest BCUT2D eigenvalue weighted by Crippen LogP contribution is 2.21. The first-order valence-electron chi connectivity index (χ1n) is 5.49. The minimum absolute atomic E-state index is 0.344. The summed E-state index contributed by atoms with van der Waals surface area (Å²) in [4.78, 5) is 2.52. The van der Waals surface area contributed by atoms with E-state index in [0.29, 0.717) is 18.7 Å². The molecule has 2 saturated heterocycles. The molecule has 3 heteroatoms. The Kier molecular flexibility index (Phi) is 3.19. The number of hydrogen-bond acceptors (Lipinski definition) is 3. The van der Waals surface area contributed by atoms with E-state index < -0.39 is 0 Å². The summed E-state index contributed by atoms with van der Waals surface area (Å²) in [7, 11) is 0. The maximum atomic E-state index is 9.26. The van der Waals surface area contributed by atoms with Crippen LogP contribution in [0.4, 0.5) is 0 Å². The van der Waals surface area contributed by atoms with Crippen molar-refractivity contribution in [2.45, 2.75) is 37.8 Å². The molecule has 2 heterocycles. The second kappa shape index (κ2) is 4.40. The number of likely N-dealkylation sites (tertiary alicyclic amines) is 1. The predicted octanol–water partition coefficient (Wildman–Crippen LogP) is 0.195. The largest absolute Gasteiger partial charge is 0.395 e. The van der Waals surface area contributed by atoms with E-state index in [1.165, 1.54) is 32.2 Å². The summed E-state index contributed by atoms with van der Waals surface area (Å²) in [5, 5.41) is 12.7. The molecule has 0 saturated carbocycles. The van der Waals surface area contributed by atoms with Crippen molar-refractivity contribution in [2.75, 3.05) is 26.2 Å². The summed E-state index contributed by atoms with van der Waals surface area (Å²) in [6, 6.07) is 1.14. The molecule has 2 aliphatic rings. The maximum absolute atomic E-state index is 9.26. The number of rotatable bonds is 2. The van der Waals surface area contributed by atoms with Crippen LogP contribution in [0.3, 0.4) is 0 Å². The lowest BCUT2D eigenvalue weighted by atomic mass is 10.00. The summed E-state index contributed by atoms with van der Waals surface area (Å²) >= 11 is 0. The number of hydrogen-bond donors (Lipinski definition) is 2. The molecule has 0 aromatic rings. The third kappa shape index (κ3) is 2.03. The van der Waals surface area contributed by atoms with E-state index >= 15 is 0 Å². The fourth-order valence-corrected chi connectivity index (χ4v) is 2.62. The van der Waals surface area contributed by atoms with Gasteiger partial charge in [0.05, 0.1) is 6.61 Å². The van der Waals surface area contributed by atoms with E-state index in [9.17, 15) is 5.11 Å². The normalized spacial score (nSPS) is 36.7. The number of nitrogens with one attached hydrogen (secondary N) is 1. The van der Waals surface area contributed by atoms with Crippen LogP contribution in [0.15, 0.2) is 0 Å². The van der Waals surface area contributed by atoms with Crippen LogP contribution in [-0.2, 0) is 0 Å². The Morgan fingerprint density at radius 1 is 1.31 bits per heavy atom. The van der Waals surface area contributed by atoms with Crippen molar-refractivity contribution in [1.82, 2.24) is 10.2 Å². The summed E-state index contributed by atoms with van der Waals surface area (Å²) < 4.78 is 0. The van der Waals surface area contributed by atoms with E-state index in [1.807, 2.05) is 0 Å². The summed E-state index contributed by atoms with van der Waals surface area (Å²) in [6.07, 6.45) is 5.05. The zero-order valence-corrected chi connectivity index (χ0v) is 8.21. The Morgan fingerprint density at radius 2 is 2.23 bits per heavy atom. The van der Waals surface area contributed by atoms with Gasteiger partial charge in [-0.2, -0.15) is 0 Å². The molecule has 13 heavy (non-hydrogen) atoms. The standard InChI is InChI=1S/C10H20N2O/c13-8-10-3-1-2-6-12(10)9-4-5-11-7-9/h9-11,13H,1-8H2. The number of aliphatic hydroxyl groups is 1. The van der Waals surface area contributed by atoms with Crippen LogP contribution < -0.4 is 5.32 Å². The number of aliphatic hydroxyl groups excluding tert-OH is 1. The number of piperidine rings is 1. The maximum Gasteiger partial charge on any atom is 0.0586 e. The van der Waals surface area contributed by atoms with Gasteiger partial charge in [-0.15, -0.1) is 0 Å². The molecule has 0 bridgehead atoms. The first kappa shape index (κ1) is 9.44. The third-order valence-corrected chi connectivity index (χ3v) is 3.39. The predicted molar refractivity (Wildman–Crippen MR) is 52.7 cm³/mol. The molecule has 2 unspecified atom stereocenters. The molecule has 2 fully saturated rings. The summed E-state index contributed by atoms with van der Waals surface area (Å²) in [5.41, 5.74) is 0. The highest BCUT2D eigenvalue weighted by molar-refractivity contribution is 4.87. The second-order valence-electron chi connectivity index (χ2n) is 4.22. The van der Waals surface area contributed by atoms with Crippen molar-refractivity contribution >= 4 is 0 Å². The first-order valence-corrected chi connectivity index (χ1v) is 5.49. The lowest BCUT2D eigenvalue weighted by Gasteiger charge is -2.38. The molecule has 0 amide bonds. The minimum Gasteiger partial charge on any atom is -0.395 e. The topological polar surface area (TPSA) is 35.5 Å². The molecule has 0 aromatic carbocycles. The van der Waals surface area contributed by atoms with E-state index in [4.69, 9.17) is 0 Å². The Balaban J connectivity index is 1.93. The fourth-order valence-electron chi connectivity index (χ4n) is 2.62. The Bertz CT molecular complexity index is 155. The molecule has 0 aromatic heterocycles. The quantitative estimate of drug-likeness (QED) is 0.643. The van der Waals surface area contributed by atoms with Gasteiger partial charge in [-0.1, -0.05) is 6.42 Å². The highest BCUT2D eigenvalue weighted by atomic mass is 16.3. The highest BCUT2D eigenvalue weighted by Gasteiger charge is 2.29. The van der Waals surface area contributed by atoms with Gasteiger partial charge >= 0.3 is 0 Å². The van der Waals surface area contributed by atoms with Crippen LogP contribution in [0.25, 0.3) is 0 Å².